The Kier molecular flexibility index (Phi) is 5.08. The molecule has 0 spiro atoms. The first-order chi connectivity index (χ1) is 10.3. The molecule has 0 aromatic heterocycles. The molecule has 1 fully saturated rings. The van der Waals surface area contributed by atoms with Gasteiger partial charge in [-0.15, -0.1) is 0 Å². The zero-order valence-corrected chi connectivity index (χ0v) is 13.5. The van der Waals surface area contributed by atoms with Crippen molar-refractivity contribution in [1.82, 2.24) is 4.90 Å². The van der Waals surface area contributed by atoms with Crippen LogP contribution in [0.2, 0.25) is 0 Å². The molecule has 22 heavy (non-hydrogen) atoms. The number of ether oxygens (including phenoxy) is 1. The number of phenols is 1. The first kappa shape index (κ1) is 16.8. The third-order valence-corrected chi connectivity index (χ3v) is 3.97. The van der Waals surface area contributed by atoms with Gasteiger partial charge in [-0.25, -0.2) is 0 Å². The molecule has 1 heterocycles. The van der Waals surface area contributed by atoms with E-state index in [1.807, 2.05) is 18.2 Å². The fourth-order valence-electron chi connectivity index (χ4n) is 2.65. The molecule has 1 atom stereocenters. The summed E-state index contributed by atoms with van der Waals surface area (Å²) in [6.45, 7) is 8.79. The lowest BCUT2D eigenvalue weighted by atomic mass is 9.86. The molecular weight excluding hydrogens is 282 g/mol. The minimum absolute atomic E-state index is 0.00154. The average molecular weight is 307 g/mol. The molecule has 2 N–H and O–H groups in total. The summed E-state index contributed by atoms with van der Waals surface area (Å²) in [5, 5.41) is 19.1. The van der Waals surface area contributed by atoms with E-state index < -0.39 is 5.97 Å². The first-order valence-corrected chi connectivity index (χ1v) is 7.64. The molecule has 1 aromatic rings. The van der Waals surface area contributed by atoms with Gasteiger partial charge in [0.2, 0.25) is 0 Å². The fraction of sp³-hybridized carbons (Fsp3) is 0.588. The van der Waals surface area contributed by atoms with Crippen molar-refractivity contribution in [2.24, 2.45) is 0 Å². The van der Waals surface area contributed by atoms with E-state index in [2.05, 4.69) is 25.7 Å². The van der Waals surface area contributed by atoms with Crippen molar-refractivity contribution in [1.29, 1.82) is 0 Å². The SMILES string of the molecule is CC(C)(C)c1ccc(CN2CCOC(CC(=O)O)C2)c(O)c1. The van der Waals surface area contributed by atoms with Crippen molar-refractivity contribution in [2.45, 2.75) is 45.3 Å². The molecule has 1 aromatic carbocycles. The molecule has 0 radical (unpaired) electrons. The maximum atomic E-state index is 10.8. The maximum absolute atomic E-state index is 10.8. The summed E-state index contributed by atoms with van der Waals surface area (Å²) >= 11 is 0. The van der Waals surface area contributed by atoms with E-state index in [1.54, 1.807) is 0 Å². The zero-order chi connectivity index (χ0) is 16.3. The molecule has 1 unspecified atom stereocenters. The molecule has 1 aliphatic rings. The number of nitrogens with zero attached hydrogens (tertiary/aromatic N) is 1. The Hall–Kier alpha value is -1.59. The summed E-state index contributed by atoms with van der Waals surface area (Å²) in [5.74, 6) is -0.544. The lowest BCUT2D eigenvalue weighted by molar-refractivity contribution is -0.142. The minimum atomic E-state index is -0.843. The summed E-state index contributed by atoms with van der Waals surface area (Å²) in [5.41, 5.74) is 1.96. The van der Waals surface area contributed by atoms with Crippen LogP contribution in [-0.4, -0.2) is 46.9 Å². The van der Waals surface area contributed by atoms with Gasteiger partial charge < -0.3 is 14.9 Å². The highest BCUT2D eigenvalue weighted by Crippen LogP contribution is 2.28. The van der Waals surface area contributed by atoms with E-state index >= 15 is 0 Å². The second-order valence-corrected chi connectivity index (χ2v) is 6.92. The Morgan fingerprint density at radius 2 is 2.14 bits per heavy atom. The van der Waals surface area contributed by atoms with Crippen LogP contribution in [0.3, 0.4) is 0 Å². The summed E-state index contributed by atoms with van der Waals surface area (Å²) < 4.78 is 5.47. The summed E-state index contributed by atoms with van der Waals surface area (Å²) in [6.07, 6.45) is -0.256. The Labute approximate surface area is 131 Å². The number of aromatic hydroxyl groups is 1. The smallest absolute Gasteiger partial charge is 0.306 e. The van der Waals surface area contributed by atoms with Crippen LogP contribution in [0, 0.1) is 0 Å². The third kappa shape index (κ3) is 4.45. The second kappa shape index (κ2) is 6.67. The van der Waals surface area contributed by atoms with Crippen LogP contribution in [0.1, 0.15) is 38.3 Å². The topological polar surface area (TPSA) is 70.0 Å². The summed E-state index contributed by atoms with van der Waals surface area (Å²) in [6, 6.07) is 5.83. The van der Waals surface area contributed by atoms with Gasteiger partial charge in [-0.3, -0.25) is 9.69 Å². The van der Waals surface area contributed by atoms with Crippen LogP contribution in [0.4, 0.5) is 0 Å². The lowest BCUT2D eigenvalue weighted by Gasteiger charge is -2.32. The molecule has 2 rings (SSSR count). The second-order valence-electron chi connectivity index (χ2n) is 6.92. The number of carboxylic acids is 1. The Morgan fingerprint density at radius 1 is 1.41 bits per heavy atom. The zero-order valence-electron chi connectivity index (χ0n) is 13.5. The van der Waals surface area contributed by atoms with Crippen molar-refractivity contribution in [2.75, 3.05) is 19.7 Å². The van der Waals surface area contributed by atoms with Gasteiger partial charge in [-0.2, -0.15) is 0 Å². The van der Waals surface area contributed by atoms with Crippen LogP contribution in [0.15, 0.2) is 18.2 Å². The monoisotopic (exact) mass is 307 g/mol. The fourth-order valence-corrected chi connectivity index (χ4v) is 2.65. The van der Waals surface area contributed by atoms with Gasteiger partial charge in [-0.05, 0) is 17.0 Å². The van der Waals surface area contributed by atoms with Gasteiger partial charge in [0.25, 0.3) is 0 Å². The van der Waals surface area contributed by atoms with Gasteiger partial charge in [0, 0.05) is 25.2 Å². The van der Waals surface area contributed by atoms with Crippen LogP contribution in [-0.2, 0) is 21.5 Å². The molecule has 5 heteroatoms. The number of carboxylic acid groups (broad SMARTS) is 1. The van der Waals surface area contributed by atoms with Crippen LogP contribution in [0.25, 0.3) is 0 Å². The van der Waals surface area contributed by atoms with Gasteiger partial charge in [-0.1, -0.05) is 32.9 Å². The van der Waals surface area contributed by atoms with Crippen molar-refractivity contribution in [3.8, 4) is 5.75 Å². The molecule has 0 bridgehead atoms. The standard InChI is InChI=1S/C17H25NO4/c1-17(2,3)13-5-4-12(15(19)8-13)10-18-6-7-22-14(11-18)9-16(20)21/h4-5,8,14,19H,6-7,9-11H2,1-3H3,(H,20,21). The van der Waals surface area contributed by atoms with E-state index in [0.717, 1.165) is 17.7 Å². The average Bonchev–Trinajstić information content (AvgIpc) is 2.39. The number of aliphatic carboxylic acids is 1. The van der Waals surface area contributed by atoms with E-state index in [0.29, 0.717) is 25.4 Å². The number of phenolic OH excluding ortho intramolecular Hbond substituents is 1. The van der Waals surface area contributed by atoms with Crippen LogP contribution >= 0.6 is 0 Å². The highest BCUT2D eigenvalue weighted by Gasteiger charge is 2.23. The number of benzene rings is 1. The highest BCUT2D eigenvalue weighted by molar-refractivity contribution is 5.67. The molecule has 5 nitrogen and oxygen atoms in total. The van der Waals surface area contributed by atoms with Crippen LogP contribution < -0.4 is 0 Å². The number of morpholine rings is 1. The number of carbonyl (C=O) groups is 1. The third-order valence-electron chi connectivity index (χ3n) is 3.97. The normalized spacial score (nSPS) is 20.0. The summed E-state index contributed by atoms with van der Waals surface area (Å²) in [7, 11) is 0. The van der Waals surface area contributed by atoms with Crippen molar-refractivity contribution >= 4 is 5.97 Å². The van der Waals surface area contributed by atoms with E-state index in [9.17, 15) is 9.90 Å². The Morgan fingerprint density at radius 3 is 2.73 bits per heavy atom. The predicted octanol–water partition coefficient (Wildman–Crippen LogP) is 2.37. The first-order valence-electron chi connectivity index (χ1n) is 7.64. The van der Waals surface area contributed by atoms with E-state index in [4.69, 9.17) is 9.84 Å². The number of rotatable bonds is 4. The molecule has 122 valence electrons. The predicted molar refractivity (Wildman–Crippen MR) is 84.1 cm³/mol. The quantitative estimate of drug-likeness (QED) is 0.893. The van der Waals surface area contributed by atoms with Crippen molar-refractivity contribution in [3.05, 3.63) is 29.3 Å². The highest BCUT2D eigenvalue weighted by atomic mass is 16.5. The molecule has 0 amide bonds. The molecule has 1 aliphatic heterocycles. The van der Waals surface area contributed by atoms with Gasteiger partial charge >= 0.3 is 5.97 Å². The van der Waals surface area contributed by atoms with E-state index in [-0.39, 0.29) is 17.9 Å². The minimum Gasteiger partial charge on any atom is -0.508 e. The largest absolute Gasteiger partial charge is 0.508 e. The Bertz CT molecular complexity index is 536. The van der Waals surface area contributed by atoms with Gasteiger partial charge in [0.15, 0.2) is 0 Å². The summed E-state index contributed by atoms with van der Waals surface area (Å²) in [4.78, 5) is 12.9. The van der Waals surface area contributed by atoms with Gasteiger partial charge in [0.05, 0.1) is 19.1 Å². The number of hydrogen-bond donors (Lipinski definition) is 2. The van der Waals surface area contributed by atoms with Gasteiger partial charge in [0.1, 0.15) is 5.75 Å². The maximum Gasteiger partial charge on any atom is 0.306 e. The van der Waals surface area contributed by atoms with Crippen molar-refractivity contribution < 1.29 is 19.7 Å². The number of hydrogen-bond acceptors (Lipinski definition) is 4. The molecular formula is C17H25NO4. The lowest BCUT2D eigenvalue weighted by Crippen LogP contribution is -2.42. The Balaban J connectivity index is 2.02. The molecule has 1 saturated heterocycles. The molecule has 0 aliphatic carbocycles. The van der Waals surface area contributed by atoms with E-state index in [1.165, 1.54) is 0 Å². The van der Waals surface area contributed by atoms with Crippen molar-refractivity contribution in [3.63, 3.8) is 0 Å². The molecule has 0 saturated carbocycles. The van der Waals surface area contributed by atoms with Crippen LogP contribution in [0.5, 0.6) is 5.75 Å².